The van der Waals surface area contributed by atoms with E-state index in [1.54, 1.807) is 0 Å². The molecule has 0 radical (unpaired) electrons. The van der Waals surface area contributed by atoms with Gasteiger partial charge in [-0.25, -0.2) is 0 Å². The number of methoxy groups -OCH3 is 1. The lowest BCUT2D eigenvalue weighted by Gasteiger charge is -2.26. The molecule has 1 fully saturated rings. The third kappa shape index (κ3) is 6.30. The summed E-state index contributed by atoms with van der Waals surface area (Å²) < 4.78 is 39.7. The molecule has 6 nitrogen and oxygen atoms in total. The lowest BCUT2D eigenvalue weighted by molar-refractivity contribution is -0.124. The second-order valence-corrected chi connectivity index (χ2v) is 5.55. The van der Waals surface area contributed by atoms with Crippen LogP contribution in [0.15, 0.2) is 18.2 Å². The molecule has 9 heteroatoms. The Morgan fingerprint density at radius 1 is 1.40 bits per heavy atom. The standard InChI is InChI=1S/C16H22F2N2O4.ClH/c1-22-12-2-3-13(24-16(17)18)11(8-12)9-20-15(21)14(19)10-4-6-23-7-5-10;/h2-3,8,10,14,16H,4-7,9,19H2,1H3,(H,20,21);1H. The lowest BCUT2D eigenvalue weighted by atomic mass is 9.92. The molecule has 1 unspecified atom stereocenters. The molecule has 3 N–H and O–H groups in total. The van der Waals surface area contributed by atoms with Gasteiger partial charge in [-0.2, -0.15) is 8.78 Å². The van der Waals surface area contributed by atoms with Crippen molar-refractivity contribution in [3.8, 4) is 11.5 Å². The summed E-state index contributed by atoms with van der Waals surface area (Å²) in [6.07, 6.45) is 1.46. The van der Waals surface area contributed by atoms with Crippen LogP contribution in [0, 0.1) is 5.92 Å². The van der Waals surface area contributed by atoms with E-state index < -0.39 is 12.7 Å². The number of carbonyl (C=O) groups is 1. The van der Waals surface area contributed by atoms with Gasteiger partial charge in [0.15, 0.2) is 0 Å². The Hall–Kier alpha value is -1.64. The molecule has 0 bridgehead atoms. The maximum Gasteiger partial charge on any atom is 0.387 e. The van der Waals surface area contributed by atoms with Crippen LogP contribution < -0.4 is 20.5 Å². The van der Waals surface area contributed by atoms with E-state index in [1.165, 1.54) is 25.3 Å². The normalized spacial score (nSPS) is 16.0. The maximum absolute atomic E-state index is 12.5. The molecule has 0 spiro atoms. The number of hydrogen-bond donors (Lipinski definition) is 2. The van der Waals surface area contributed by atoms with Gasteiger partial charge in [0.25, 0.3) is 0 Å². The van der Waals surface area contributed by atoms with Crippen molar-refractivity contribution in [2.75, 3.05) is 20.3 Å². The summed E-state index contributed by atoms with van der Waals surface area (Å²) in [5.74, 6) is 0.203. The van der Waals surface area contributed by atoms with Crippen LogP contribution in [0.2, 0.25) is 0 Å². The highest BCUT2D eigenvalue weighted by atomic mass is 35.5. The van der Waals surface area contributed by atoms with Gasteiger partial charge in [0.2, 0.25) is 5.91 Å². The van der Waals surface area contributed by atoms with Crippen molar-refractivity contribution in [2.24, 2.45) is 11.7 Å². The second-order valence-electron chi connectivity index (χ2n) is 5.55. The number of alkyl halides is 2. The number of ether oxygens (including phenoxy) is 3. The van der Waals surface area contributed by atoms with Crippen LogP contribution in [0.1, 0.15) is 18.4 Å². The summed E-state index contributed by atoms with van der Waals surface area (Å²) in [5.41, 5.74) is 6.38. The fourth-order valence-electron chi connectivity index (χ4n) is 2.62. The first-order valence-corrected chi connectivity index (χ1v) is 7.74. The fourth-order valence-corrected chi connectivity index (χ4v) is 2.62. The number of rotatable bonds is 7. The monoisotopic (exact) mass is 380 g/mol. The first-order valence-electron chi connectivity index (χ1n) is 7.74. The van der Waals surface area contributed by atoms with Crippen molar-refractivity contribution in [2.45, 2.75) is 32.0 Å². The Balaban J connectivity index is 0.00000312. The Morgan fingerprint density at radius 3 is 2.68 bits per heavy atom. The van der Waals surface area contributed by atoms with E-state index in [0.29, 0.717) is 24.5 Å². The van der Waals surface area contributed by atoms with Gasteiger partial charge in [0.05, 0.1) is 13.2 Å². The molecular formula is C16H23ClF2N2O4. The van der Waals surface area contributed by atoms with Gasteiger partial charge in [0, 0.05) is 25.3 Å². The number of carbonyl (C=O) groups excluding carboxylic acids is 1. The van der Waals surface area contributed by atoms with E-state index in [2.05, 4.69) is 10.1 Å². The summed E-state index contributed by atoms with van der Waals surface area (Å²) in [5, 5.41) is 2.68. The van der Waals surface area contributed by atoms with E-state index in [-0.39, 0.29) is 36.5 Å². The zero-order chi connectivity index (χ0) is 17.5. The molecule has 25 heavy (non-hydrogen) atoms. The van der Waals surface area contributed by atoms with Crippen molar-refractivity contribution in [3.63, 3.8) is 0 Å². The molecular weight excluding hydrogens is 358 g/mol. The van der Waals surface area contributed by atoms with Crippen LogP contribution in [0.5, 0.6) is 11.5 Å². The maximum atomic E-state index is 12.5. The van der Waals surface area contributed by atoms with E-state index >= 15 is 0 Å². The van der Waals surface area contributed by atoms with Crippen LogP contribution >= 0.6 is 12.4 Å². The van der Waals surface area contributed by atoms with Crippen molar-refractivity contribution in [1.29, 1.82) is 0 Å². The minimum Gasteiger partial charge on any atom is -0.497 e. The number of nitrogens with two attached hydrogens (primary N) is 1. The summed E-state index contributed by atoms with van der Waals surface area (Å²) in [6.45, 7) is -1.74. The quantitative estimate of drug-likeness (QED) is 0.756. The molecule has 0 saturated carbocycles. The molecule has 1 aliphatic heterocycles. The van der Waals surface area contributed by atoms with Crippen LogP contribution in [-0.4, -0.2) is 38.9 Å². The van der Waals surface area contributed by atoms with Gasteiger partial charge in [-0.1, -0.05) is 0 Å². The van der Waals surface area contributed by atoms with Crippen LogP contribution in [0.25, 0.3) is 0 Å². The molecule has 1 atom stereocenters. The molecule has 2 rings (SSSR count). The summed E-state index contributed by atoms with van der Waals surface area (Å²) >= 11 is 0. The van der Waals surface area contributed by atoms with Crippen LogP contribution in [-0.2, 0) is 16.1 Å². The van der Waals surface area contributed by atoms with E-state index in [4.69, 9.17) is 15.2 Å². The number of nitrogens with one attached hydrogen (secondary N) is 1. The molecule has 0 aromatic heterocycles. The minimum absolute atomic E-state index is 0. The van der Waals surface area contributed by atoms with E-state index in [9.17, 15) is 13.6 Å². The zero-order valence-corrected chi connectivity index (χ0v) is 14.7. The van der Waals surface area contributed by atoms with Gasteiger partial charge < -0.3 is 25.3 Å². The largest absolute Gasteiger partial charge is 0.497 e. The Bertz CT molecular complexity index is 557. The molecule has 1 aromatic rings. The molecule has 1 aromatic carbocycles. The predicted molar refractivity (Wildman–Crippen MR) is 90.2 cm³/mol. The van der Waals surface area contributed by atoms with Crippen LogP contribution in [0.4, 0.5) is 8.78 Å². The average molecular weight is 381 g/mol. The molecule has 0 aliphatic carbocycles. The number of halogens is 3. The highest BCUT2D eigenvalue weighted by Crippen LogP contribution is 2.26. The van der Waals surface area contributed by atoms with Crippen molar-refractivity contribution >= 4 is 18.3 Å². The van der Waals surface area contributed by atoms with Gasteiger partial charge >= 0.3 is 6.61 Å². The smallest absolute Gasteiger partial charge is 0.387 e. The SMILES string of the molecule is COc1ccc(OC(F)F)c(CNC(=O)C(N)C2CCOCC2)c1.Cl. The van der Waals surface area contributed by atoms with Crippen molar-refractivity contribution < 1.29 is 27.8 Å². The van der Waals surface area contributed by atoms with Crippen LogP contribution in [0.3, 0.4) is 0 Å². The van der Waals surface area contributed by atoms with Crippen molar-refractivity contribution in [3.05, 3.63) is 23.8 Å². The third-order valence-corrected chi connectivity index (χ3v) is 4.01. The number of hydrogen-bond acceptors (Lipinski definition) is 5. The van der Waals surface area contributed by atoms with Gasteiger partial charge in [-0.05, 0) is 37.0 Å². The molecule has 142 valence electrons. The van der Waals surface area contributed by atoms with Crippen molar-refractivity contribution in [1.82, 2.24) is 5.32 Å². The highest BCUT2D eigenvalue weighted by Gasteiger charge is 2.26. The second kappa shape index (κ2) is 10.4. The van der Waals surface area contributed by atoms with E-state index in [1.807, 2.05) is 0 Å². The highest BCUT2D eigenvalue weighted by molar-refractivity contribution is 5.85. The topological polar surface area (TPSA) is 82.8 Å². The van der Waals surface area contributed by atoms with Gasteiger partial charge in [0.1, 0.15) is 11.5 Å². The van der Waals surface area contributed by atoms with Gasteiger partial charge in [-0.15, -0.1) is 12.4 Å². The zero-order valence-electron chi connectivity index (χ0n) is 13.9. The van der Waals surface area contributed by atoms with E-state index in [0.717, 1.165) is 12.8 Å². The Labute approximate surface area is 151 Å². The molecule has 1 amide bonds. The third-order valence-electron chi connectivity index (χ3n) is 4.01. The number of benzene rings is 1. The first kappa shape index (κ1) is 21.4. The fraction of sp³-hybridized carbons (Fsp3) is 0.562. The molecule has 1 saturated heterocycles. The Morgan fingerprint density at radius 2 is 2.08 bits per heavy atom. The summed E-state index contributed by atoms with van der Waals surface area (Å²) in [6, 6.07) is 3.78. The van der Waals surface area contributed by atoms with Gasteiger partial charge in [-0.3, -0.25) is 4.79 Å². The number of amides is 1. The Kier molecular flexibility index (Phi) is 8.88. The summed E-state index contributed by atoms with van der Waals surface area (Å²) in [4.78, 5) is 12.2. The molecule has 1 aliphatic rings. The molecule has 1 heterocycles. The average Bonchev–Trinajstić information content (AvgIpc) is 2.60. The minimum atomic E-state index is -2.95. The lowest BCUT2D eigenvalue weighted by Crippen LogP contribution is -2.46. The summed E-state index contributed by atoms with van der Waals surface area (Å²) in [7, 11) is 1.46. The predicted octanol–water partition coefficient (Wildman–Crippen LogP) is 2.09. The first-order chi connectivity index (χ1) is 11.5.